The molecule has 0 bridgehead atoms. The molecule has 0 spiro atoms. The van der Waals surface area contributed by atoms with Crippen LogP contribution in [-0.2, 0) is 0 Å². The summed E-state index contributed by atoms with van der Waals surface area (Å²) in [7, 11) is 0. The van der Waals surface area contributed by atoms with Crippen LogP contribution in [0.4, 0.5) is 26.3 Å². The Kier molecular flexibility index (Phi) is 5.26. The Morgan fingerprint density at radius 1 is 0.889 bits per heavy atom. The Bertz CT molecular complexity index is 368. The Labute approximate surface area is 99.4 Å². The van der Waals surface area contributed by atoms with Crippen molar-refractivity contribution in [3.05, 3.63) is 43.0 Å². The van der Waals surface area contributed by atoms with E-state index in [2.05, 4.69) is 13.2 Å². The van der Waals surface area contributed by atoms with Crippen LogP contribution >= 0.6 is 0 Å². The fraction of sp³-hybridized carbons (Fsp3) is 0.273. The van der Waals surface area contributed by atoms with Crippen molar-refractivity contribution in [1.29, 1.82) is 0 Å². The number of benzene rings is 1. The molecule has 18 heavy (non-hydrogen) atoms. The Hall–Kier alpha value is -1.66. The molecule has 0 heterocycles. The average Bonchev–Trinajstić information content (AvgIpc) is 2.20. The van der Waals surface area contributed by atoms with E-state index in [-0.39, 0.29) is 0 Å². The number of rotatable bonds is 1. The van der Waals surface area contributed by atoms with Crippen LogP contribution in [-0.4, -0.2) is 17.5 Å². The first kappa shape index (κ1) is 16.3. The van der Waals surface area contributed by atoms with Crippen molar-refractivity contribution in [2.45, 2.75) is 18.3 Å². The molecular formula is C11H10F6O. The van der Waals surface area contributed by atoms with E-state index in [1.807, 2.05) is 0 Å². The molecule has 0 saturated carbocycles. The molecule has 0 aromatic heterocycles. The monoisotopic (exact) mass is 272 g/mol. The molecular weight excluding hydrogens is 262 g/mol. The molecule has 0 amide bonds. The maximum Gasteiger partial charge on any atom is 0.404 e. The minimum Gasteiger partial charge on any atom is -0.508 e. The van der Waals surface area contributed by atoms with Crippen molar-refractivity contribution < 1.29 is 31.4 Å². The van der Waals surface area contributed by atoms with E-state index >= 15 is 0 Å². The molecule has 1 nitrogen and oxygen atoms in total. The normalized spacial score (nSPS) is 11.9. The number of aromatic hydroxyl groups is 1. The molecule has 102 valence electrons. The number of halogens is 6. The van der Waals surface area contributed by atoms with Crippen LogP contribution in [0.15, 0.2) is 37.4 Å². The highest BCUT2D eigenvalue weighted by molar-refractivity contribution is 5.36. The fourth-order valence-corrected chi connectivity index (χ4v) is 1.27. The zero-order chi connectivity index (χ0) is 14.6. The second-order valence-electron chi connectivity index (χ2n) is 3.08. The summed E-state index contributed by atoms with van der Waals surface area (Å²) >= 11 is 0. The third kappa shape index (κ3) is 3.97. The van der Waals surface area contributed by atoms with Gasteiger partial charge >= 0.3 is 12.4 Å². The molecule has 1 N–H and O–H groups in total. The van der Waals surface area contributed by atoms with Crippen LogP contribution in [0.25, 0.3) is 0 Å². The second kappa shape index (κ2) is 5.79. The van der Waals surface area contributed by atoms with Crippen molar-refractivity contribution in [3.8, 4) is 5.75 Å². The lowest BCUT2D eigenvalue weighted by Gasteiger charge is -2.23. The highest BCUT2D eigenvalue weighted by Gasteiger charge is 2.58. The van der Waals surface area contributed by atoms with Crippen molar-refractivity contribution >= 4 is 0 Å². The standard InChI is InChI=1S/C9H6F6O.C2H4/c10-8(11,12)7(9(13,14)15)5-3-1-2-4-6(5)16;1-2/h1-4,7,16H;1-2H2. The Morgan fingerprint density at radius 3 is 1.61 bits per heavy atom. The van der Waals surface area contributed by atoms with Gasteiger partial charge in [-0.3, -0.25) is 0 Å². The molecule has 0 fully saturated rings. The van der Waals surface area contributed by atoms with Gasteiger partial charge in [-0.25, -0.2) is 0 Å². The van der Waals surface area contributed by atoms with Crippen LogP contribution in [0.3, 0.4) is 0 Å². The average molecular weight is 272 g/mol. The minimum absolute atomic E-state index is 0.598. The zero-order valence-corrected chi connectivity index (χ0v) is 9.02. The summed E-state index contributed by atoms with van der Waals surface area (Å²) in [5.74, 6) is -4.69. The van der Waals surface area contributed by atoms with E-state index in [0.717, 1.165) is 18.2 Å². The van der Waals surface area contributed by atoms with Gasteiger partial charge < -0.3 is 5.11 Å². The maximum atomic E-state index is 12.3. The van der Waals surface area contributed by atoms with Crippen molar-refractivity contribution in [2.75, 3.05) is 0 Å². The quantitative estimate of drug-likeness (QED) is 0.593. The third-order valence-corrected chi connectivity index (χ3v) is 1.90. The predicted molar refractivity (Wildman–Crippen MR) is 54.2 cm³/mol. The van der Waals surface area contributed by atoms with Gasteiger partial charge in [-0.15, -0.1) is 13.2 Å². The topological polar surface area (TPSA) is 20.2 Å². The molecule has 1 aromatic carbocycles. The van der Waals surface area contributed by atoms with E-state index in [1.54, 1.807) is 0 Å². The molecule has 0 unspecified atom stereocenters. The number of hydrogen-bond acceptors (Lipinski definition) is 1. The number of phenols is 1. The molecule has 1 aromatic rings. The lowest BCUT2D eigenvalue weighted by molar-refractivity contribution is -0.253. The van der Waals surface area contributed by atoms with E-state index in [0.29, 0.717) is 6.07 Å². The third-order valence-electron chi connectivity index (χ3n) is 1.90. The van der Waals surface area contributed by atoms with Gasteiger partial charge in [-0.05, 0) is 6.07 Å². The molecule has 0 aliphatic heterocycles. The predicted octanol–water partition coefficient (Wildman–Crippen LogP) is 4.40. The first-order valence-corrected chi connectivity index (χ1v) is 4.55. The van der Waals surface area contributed by atoms with Crippen molar-refractivity contribution in [2.24, 2.45) is 0 Å². The lowest BCUT2D eigenvalue weighted by Crippen LogP contribution is -2.34. The first-order valence-electron chi connectivity index (χ1n) is 4.55. The molecule has 0 aliphatic carbocycles. The summed E-state index contributed by atoms with van der Waals surface area (Å²) in [5.41, 5.74) is -1.19. The Balaban J connectivity index is 0.00000137. The van der Waals surface area contributed by atoms with Crippen molar-refractivity contribution in [3.63, 3.8) is 0 Å². The van der Waals surface area contributed by atoms with Crippen LogP contribution in [0, 0.1) is 0 Å². The van der Waals surface area contributed by atoms with E-state index in [1.165, 1.54) is 0 Å². The highest BCUT2D eigenvalue weighted by atomic mass is 19.4. The Morgan fingerprint density at radius 2 is 1.28 bits per heavy atom. The largest absolute Gasteiger partial charge is 0.508 e. The summed E-state index contributed by atoms with van der Waals surface area (Å²) in [6, 6.07) is 3.52. The molecule has 0 saturated heterocycles. The van der Waals surface area contributed by atoms with Gasteiger partial charge in [0.2, 0.25) is 0 Å². The van der Waals surface area contributed by atoms with E-state index < -0.39 is 29.6 Å². The van der Waals surface area contributed by atoms with Gasteiger partial charge in [0.15, 0.2) is 5.92 Å². The number of alkyl halides is 6. The second-order valence-corrected chi connectivity index (χ2v) is 3.08. The minimum atomic E-state index is -5.49. The summed E-state index contributed by atoms with van der Waals surface area (Å²) in [5, 5.41) is 9.01. The van der Waals surface area contributed by atoms with Gasteiger partial charge in [0.25, 0.3) is 0 Å². The number of para-hydroxylation sites is 1. The maximum absolute atomic E-state index is 12.3. The lowest BCUT2D eigenvalue weighted by atomic mass is 9.97. The molecule has 0 radical (unpaired) electrons. The van der Waals surface area contributed by atoms with Gasteiger partial charge in [0.1, 0.15) is 5.75 Å². The summed E-state index contributed by atoms with van der Waals surface area (Å²) < 4.78 is 73.5. The van der Waals surface area contributed by atoms with E-state index in [9.17, 15) is 26.3 Å². The van der Waals surface area contributed by atoms with E-state index in [4.69, 9.17) is 5.11 Å². The van der Waals surface area contributed by atoms with Crippen LogP contribution in [0.2, 0.25) is 0 Å². The van der Waals surface area contributed by atoms with Crippen molar-refractivity contribution in [1.82, 2.24) is 0 Å². The zero-order valence-electron chi connectivity index (χ0n) is 9.02. The molecule has 0 aliphatic rings. The SMILES string of the molecule is C=C.Oc1ccccc1C(C(F)(F)F)C(F)(F)F. The van der Waals surface area contributed by atoms with Gasteiger partial charge in [-0.2, -0.15) is 26.3 Å². The molecule has 0 atom stereocenters. The van der Waals surface area contributed by atoms with Crippen LogP contribution in [0.1, 0.15) is 11.5 Å². The van der Waals surface area contributed by atoms with Gasteiger partial charge in [-0.1, -0.05) is 18.2 Å². The summed E-state index contributed by atoms with van der Waals surface area (Å²) in [4.78, 5) is 0. The molecule has 7 heteroatoms. The van der Waals surface area contributed by atoms with Crippen LogP contribution < -0.4 is 0 Å². The van der Waals surface area contributed by atoms with Gasteiger partial charge in [0.05, 0.1) is 0 Å². The molecule has 1 rings (SSSR count). The first-order chi connectivity index (χ1) is 8.14. The van der Waals surface area contributed by atoms with Gasteiger partial charge in [0, 0.05) is 5.56 Å². The number of hydrogen-bond donors (Lipinski definition) is 1. The highest BCUT2D eigenvalue weighted by Crippen LogP contribution is 2.48. The fourth-order valence-electron chi connectivity index (χ4n) is 1.27. The van der Waals surface area contributed by atoms with Crippen LogP contribution in [0.5, 0.6) is 5.75 Å². The smallest absolute Gasteiger partial charge is 0.404 e. The summed E-state index contributed by atoms with van der Waals surface area (Å²) in [6.45, 7) is 6.00. The summed E-state index contributed by atoms with van der Waals surface area (Å²) in [6.07, 6.45) is -11.0. The number of phenolic OH excluding ortho intramolecular Hbond substituents is 1.